The lowest BCUT2D eigenvalue weighted by atomic mass is 10.1. The van der Waals surface area contributed by atoms with Gasteiger partial charge in [0.05, 0.1) is 25.2 Å². The van der Waals surface area contributed by atoms with E-state index in [-0.39, 0.29) is 18.1 Å². The summed E-state index contributed by atoms with van der Waals surface area (Å²) in [6, 6.07) is 0. The Balaban J connectivity index is 1.41. The van der Waals surface area contributed by atoms with Gasteiger partial charge in [0.1, 0.15) is 0 Å². The minimum atomic E-state index is 0.139. The maximum atomic E-state index is 12.5. The van der Waals surface area contributed by atoms with Crippen molar-refractivity contribution in [3.8, 4) is 0 Å². The molecule has 0 N–H and O–H groups in total. The van der Waals surface area contributed by atoms with E-state index in [1.54, 1.807) is 0 Å². The Kier molecular flexibility index (Phi) is 5.71. The van der Waals surface area contributed by atoms with Crippen LogP contribution in [0.2, 0.25) is 0 Å². The van der Waals surface area contributed by atoms with Crippen molar-refractivity contribution in [3.05, 3.63) is 0 Å². The predicted octanol–water partition coefficient (Wildman–Crippen LogP) is 1.51. The van der Waals surface area contributed by atoms with E-state index < -0.39 is 0 Å². The summed E-state index contributed by atoms with van der Waals surface area (Å²) in [4.78, 5) is 16.8. The van der Waals surface area contributed by atoms with Crippen molar-refractivity contribution in [3.63, 3.8) is 0 Å². The molecule has 2 heterocycles. The zero-order valence-electron chi connectivity index (χ0n) is 13.8. The van der Waals surface area contributed by atoms with E-state index in [1.165, 1.54) is 25.8 Å². The van der Waals surface area contributed by atoms with Gasteiger partial charge in [-0.15, -0.1) is 0 Å². The molecule has 1 amide bonds. The van der Waals surface area contributed by atoms with Crippen LogP contribution in [0.4, 0.5) is 0 Å². The average molecular weight is 310 g/mol. The lowest BCUT2D eigenvalue weighted by Crippen LogP contribution is -2.50. The Morgan fingerprint density at radius 2 is 1.91 bits per heavy atom. The van der Waals surface area contributed by atoms with Gasteiger partial charge in [-0.3, -0.25) is 4.79 Å². The van der Waals surface area contributed by atoms with Crippen molar-refractivity contribution in [2.24, 2.45) is 5.92 Å². The molecule has 1 saturated carbocycles. The second-order valence-electron chi connectivity index (χ2n) is 7.19. The molecular formula is C17H30N2O3. The molecule has 0 aromatic rings. The molecule has 2 aliphatic heterocycles. The van der Waals surface area contributed by atoms with Gasteiger partial charge in [0.15, 0.2) is 0 Å². The molecule has 3 rings (SSSR count). The average Bonchev–Trinajstić information content (AvgIpc) is 3.32. The van der Waals surface area contributed by atoms with Crippen LogP contribution in [0.1, 0.15) is 38.5 Å². The SMILES string of the molecule is CN(CC1CC1)CC1CN(C(=O)CC2CCCCO2)CCO1. The highest BCUT2D eigenvalue weighted by molar-refractivity contribution is 5.76. The number of nitrogens with zero attached hydrogens (tertiary/aromatic N) is 2. The fourth-order valence-corrected chi connectivity index (χ4v) is 3.51. The number of morpholine rings is 1. The molecule has 3 aliphatic rings. The number of ether oxygens (including phenoxy) is 2. The van der Waals surface area contributed by atoms with Gasteiger partial charge >= 0.3 is 0 Å². The number of rotatable bonds is 6. The normalized spacial score (nSPS) is 29.8. The number of hydrogen-bond acceptors (Lipinski definition) is 4. The van der Waals surface area contributed by atoms with Crippen LogP contribution in [-0.4, -0.2) is 74.4 Å². The van der Waals surface area contributed by atoms with E-state index in [0.717, 1.165) is 45.0 Å². The molecule has 5 heteroatoms. The van der Waals surface area contributed by atoms with Gasteiger partial charge in [-0.2, -0.15) is 0 Å². The molecule has 3 fully saturated rings. The molecule has 0 bridgehead atoms. The van der Waals surface area contributed by atoms with Crippen LogP contribution in [0, 0.1) is 5.92 Å². The number of carbonyl (C=O) groups is 1. The quantitative estimate of drug-likeness (QED) is 0.746. The zero-order valence-corrected chi connectivity index (χ0v) is 13.8. The molecule has 2 saturated heterocycles. The Bertz CT molecular complexity index is 367. The summed E-state index contributed by atoms with van der Waals surface area (Å²) < 4.78 is 11.5. The van der Waals surface area contributed by atoms with Gasteiger partial charge in [-0.05, 0) is 45.1 Å². The molecule has 22 heavy (non-hydrogen) atoms. The van der Waals surface area contributed by atoms with Gasteiger partial charge < -0.3 is 19.3 Å². The Morgan fingerprint density at radius 3 is 2.64 bits per heavy atom. The third kappa shape index (κ3) is 4.93. The van der Waals surface area contributed by atoms with Crippen molar-refractivity contribution in [1.29, 1.82) is 0 Å². The Hall–Kier alpha value is -0.650. The molecule has 0 aromatic carbocycles. The van der Waals surface area contributed by atoms with Crippen molar-refractivity contribution in [2.75, 3.05) is 46.4 Å². The van der Waals surface area contributed by atoms with E-state index in [2.05, 4.69) is 11.9 Å². The predicted molar refractivity (Wildman–Crippen MR) is 84.7 cm³/mol. The monoisotopic (exact) mass is 310 g/mol. The lowest BCUT2D eigenvalue weighted by molar-refractivity contribution is -0.143. The van der Waals surface area contributed by atoms with Gasteiger partial charge in [-0.25, -0.2) is 0 Å². The van der Waals surface area contributed by atoms with Crippen molar-refractivity contribution in [2.45, 2.75) is 50.7 Å². The molecule has 2 atom stereocenters. The first-order chi connectivity index (χ1) is 10.7. The summed E-state index contributed by atoms with van der Waals surface area (Å²) in [6.45, 7) is 5.05. The molecule has 0 radical (unpaired) electrons. The van der Waals surface area contributed by atoms with Crippen LogP contribution in [0.5, 0.6) is 0 Å². The maximum Gasteiger partial charge on any atom is 0.225 e. The highest BCUT2D eigenvalue weighted by atomic mass is 16.5. The Labute approximate surface area is 133 Å². The minimum Gasteiger partial charge on any atom is -0.378 e. The standard InChI is InChI=1S/C17H30N2O3/c1-18(11-14-5-6-14)12-16-13-19(7-9-22-16)17(20)10-15-4-2-3-8-21-15/h14-16H,2-13H2,1H3. The van der Waals surface area contributed by atoms with Gasteiger partial charge in [-0.1, -0.05) is 0 Å². The Morgan fingerprint density at radius 1 is 1.09 bits per heavy atom. The number of likely N-dealkylation sites (N-methyl/N-ethyl adjacent to an activating group) is 1. The highest BCUT2D eigenvalue weighted by Crippen LogP contribution is 2.29. The molecule has 1 aliphatic carbocycles. The minimum absolute atomic E-state index is 0.139. The van der Waals surface area contributed by atoms with Gasteiger partial charge in [0.2, 0.25) is 5.91 Å². The second-order valence-corrected chi connectivity index (χ2v) is 7.19. The molecule has 0 spiro atoms. The molecular weight excluding hydrogens is 280 g/mol. The van der Waals surface area contributed by atoms with E-state index in [9.17, 15) is 4.79 Å². The lowest BCUT2D eigenvalue weighted by Gasteiger charge is -2.35. The summed E-state index contributed by atoms with van der Waals surface area (Å²) in [5, 5.41) is 0. The summed E-state index contributed by atoms with van der Waals surface area (Å²) >= 11 is 0. The van der Waals surface area contributed by atoms with Crippen LogP contribution >= 0.6 is 0 Å². The summed E-state index contributed by atoms with van der Waals surface area (Å²) in [7, 11) is 2.16. The molecule has 0 aromatic heterocycles. The van der Waals surface area contributed by atoms with E-state index in [1.807, 2.05) is 4.90 Å². The van der Waals surface area contributed by atoms with Crippen LogP contribution in [0.25, 0.3) is 0 Å². The number of hydrogen-bond donors (Lipinski definition) is 0. The molecule has 126 valence electrons. The third-order valence-electron chi connectivity index (χ3n) is 4.95. The van der Waals surface area contributed by atoms with Gasteiger partial charge in [0, 0.05) is 32.8 Å². The summed E-state index contributed by atoms with van der Waals surface area (Å²) in [5.74, 6) is 1.14. The second kappa shape index (κ2) is 7.75. The third-order valence-corrected chi connectivity index (χ3v) is 4.95. The van der Waals surface area contributed by atoms with E-state index in [0.29, 0.717) is 13.0 Å². The highest BCUT2D eigenvalue weighted by Gasteiger charge is 2.29. The topological polar surface area (TPSA) is 42.0 Å². The first-order valence-corrected chi connectivity index (χ1v) is 8.90. The van der Waals surface area contributed by atoms with Crippen LogP contribution < -0.4 is 0 Å². The maximum absolute atomic E-state index is 12.5. The van der Waals surface area contributed by atoms with E-state index >= 15 is 0 Å². The first-order valence-electron chi connectivity index (χ1n) is 8.90. The summed E-state index contributed by atoms with van der Waals surface area (Å²) in [6.07, 6.45) is 6.96. The van der Waals surface area contributed by atoms with Crippen LogP contribution in [0.3, 0.4) is 0 Å². The van der Waals surface area contributed by atoms with Crippen molar-refractivity contribution in [1.82, 2.24) is 9.80 Å². The number of carbonyl (C=O) groups excluding carboxylic acids is 1. The number of amides is 1. The van der Waals surface area contributed by atoms with E-state index in [4.69, 9.17) is 9.47 Å². The largest absolute Gasteiger partial charge is 0.378 e. The fraction of sp³-hybridized carbons (Fsp3) is 0.941. The molecule has 2 unspecified atom stereocenters. The van der Waals surface area contributed by atoms with Gasteiger partial charge in [0.25, 0.3) is 0 Å². The molecule has 5 nitrogen and oxygen atoms in total. The van der Waals surface area contributed by atoms with Crippen LogP contribution in [-0.2, 0) is 14.3 Å². The summed E-state index contributed by atoms with van der Waals surface area (Å²) in [5.41, 5.74) is 0. The zero-order chi connectivity index (χ0) is 15.4. The van der Waals surface area contributed by atoms with Crippen molar-refractivity contribution >= 4 is 5.91 Å². The fourth-order valence-electron chi connectivity index (χ4n) is 3.51. The first kappa shape index (κ1) is 16.2. The van der Waals surface area contributed by atoms with Crippen molar-refractivity contribution < 1.29 is 14.3 Å². The smallest absolute Gasteiger partial charge is 0.225 e. The van der Waals surface area contributed by atoms with Crippen LogP contribution in [0.15, 0.2) is 0 Å².